The highest BCUT2D eigenvalue weighted by Crippen LogP contribution is 2.35. The Hall–Kier alpha value is -2.01. The first-order chi connectivity index (χ1) is 9.72. The van der Waals surface area contributed by atoms with E-state index in [4.69, 9.17) is 4.74 Å². The molecule has 1 aromatic carbocycles. The van der Waals surface area contributed by atoms with Crippen LogP contribution in [0.25, 0.3) is 22.2 Å². The number of thiazole rings is 1. The van der Waals surface area contributed by atoms with E-state index >= 15 is 0 Å². The Morgan fingerprint density at radius 1 is 1.40 bits per heavy atom. The van der Waals surface area contributed by atoms with Crippen molar-refractivity contribution in [1.82, 2.24) is 9.97 Å². The highest BCUT2D eigenvalue weighted by molar-refractivity contribution is 7.14. The lowest BCUT2D eigenvalue weighted by Crippen LogP contribution is -1.95. The van der Waals surface area contributed by atoms with E-state index in [9.17, 15) is 0 Å². The Morgan fingerprint density at radius 2 is 2.25 bits per heavy atom. The lowest BCUT2D eigenvalue weighted by atomic mass is 10.1. The van der Waals surface area contributed by atoms with Crippen molar-refractivity contribution in [2.75, 3.05) is 19.0 Å². The van der Waals surface area contributed by atoms with Crippen LogP contribution in [-0.2, 0) is 0 Å². The molecule has 0 bridgehead atoms. The molecule has 2 N–H and O–H groups in total. The minimum absolute atomic E-state index is 0.861. The van der Waals surface area contributed by atoms with Crippen LogP contribution >= 0.6 is 11.3 Å². The predicted octanol–water partition coefficient (Wildman–Crippen LogP) is 4.04. The number of aryl methyl sites for hydroxylation is 1. The van der Waals surface area contributed by atoms with E-state index in [1.54, 1.807) is 18.4 Å². The van der Waals surface area contributed by atoms with Crippen molar-refractivity contribution in [3.05, 3.63) is 29.3 Å². The van der Waals surface area contributed by atoms with Gasteiger partial charge in [0.2, 0.25) is 0 Å². The molecule has 0 aliphatic rings. The van der Waals surface area contributed by atoms with Gasteiger partial charge in [-0.2, -0.15) is 0 Å². The van der Waals surface area contributed by atoms with Crippen molar-refractivity contribution in [3.8, 4) is 17.0 Å². The Morgan fingerprint density at radius 3 is 3.00 bits per heavy atom. The Balaban J connectivity index is 2.15. The van der Waals surface area contributed by atoms with Gasteiger partial charge in [-0.15, -0.1) is 11.3 Å². The standard InChI is InChI=1S/C15H17N3OS/c1-4-16-15-18-13(8-20-15)14-9(2)17-12-6-5-10(19-3)7-11(12)14/h5-8,17H,4H2,1-3H3,(H,16,18). The van der Waals surface area contributed by atoms with Crippen LogP contribution in [0.1, 0.15) is 12.6 Å². The fraction of sp³-hybridized carbons (Fsp3) is 0.267. The van der Waals surface area contributed by atoms with Gasteiger partial charge >= 0.3 is 0 Å². The summed E-state index contributed by atoms with van der Waals surface area (Å²) >= 11 is 1.63. The minimum atomic E-state index is 0.861. The molecule has 3 aromatic rings. The summed E-state index contributed by atoms with van der Waals surface area (Å²) in [6.07, 6.45) is 0. The maximum Gasteiger partial charge on any atom is 0.183 e. The lowest BCUT2D eigenvalue weighted by molar-refractivity contribution is 0.415. The van der Waals surface area contributed by atoms with Crippen LogP contribution in [0.15, 0.2) is 23.6 Å². The van der Waals surface area contributed by atoms with Crippen LogP contribution in [0.3, 0.4) is 0 Å². The molecule has 0 saturated heterocycles. The van der Waals surface area contributed by atoms with Gasteiger partial charge in [0.25, 0.3) is 0 Å². The number of rotatable bonds is 4. The maximum absolute atomic E-state index is 5.32. The lowest BCUT2D eigenvalue weighted by Gasteiger charge is -2.01. The second kappa shape index (κ2) is 5.17. The first kappa shape index (κ1) is 13.0. The van der Waals surface area contributed by atoms with Gasteiger partial charge in [-0.25, -0.2) is 4.98 Å². The monoisotopic (exact) mass is 287 g/mol. The summed E-state index contributed by atoms with van der Waals surface area (Å²) in [4.78, 5) is 8.06. The molecule has 0 fully saturated rings. The zero-order valence-corrected chi connectivity index (χ0v) is 12.6. The number of fused-ring (bicyclic) bond motifs is 1. The van der Waals surface area contributed by atoms with E-state index in [0.29, 0.717) is 0 Å². The van der Waals surface area contributed by atoms with E-state index in [0.717, 1.165) is 45.3 Å². The molecule has 0 unspecified atom stereocenters. The Bertz CT molecular complexity index is 745. The summed E-state index contributed by atoms with van der Waals surface area (Å²) in [5, 5.41) is 7.45. The van der Waals surface area contributed by atoms with Gasteiger partial charge in [0.15, 0.2) is 5.13 Å². The number of ether oxygens (including phenoxy) is 1. The normalized spacial score (nSPS) is 10.9. The number of nitrogens with zero attached hydrogens (tertiary/aromatic N) is 1. The van der Waals surface area contributed by atoms with Crippen LogP contribution in [-0.4, -0.2) is 23.6 Å². The summed E-state index contributed by atoms with van der Waals surface area (Å²) in [7, 11) is 1.69. The highest BCUT2D eigenvalue weighted by Gasteiger charge is 2.14. The van der Waals surface area contributed by atoms with Crippen molar-refractivity contribution >= 4 is 27.4 Å². The number of benzene rings is 1. The molecule has 5 heteroatoms. The number of methoxy groups -OCH3 is 1. The molecule has 20 heavy (non-hydrogen) atoms. The molecule has 0 radical (unpaired) electrons. The molecule has 3 rings (SSSR count). The molecule has 0 saturated carbocycles. The summed E-state index contributed by atoms with van der Waals surface area (Å²) in [5.74, 6) is 0.861. The molecule has 0 atom stereocenters. The van der Waals surface area contributed by atoms with Crippen molar-refractivity contribution in [2.45, 2.75) is 13.8 Å². The third-order valence-corrected chi connectivity index (χ3v) is 4.08. The van der Waals surface area contributed by atoms with Crippen LogP contribution in [0.4, 0.5) is 5.13 Å². The zero-order chi connectivity index (χ0) is 14.1. The summed E-state index contributed by atoms with van der Waals surface area (Å²) in [6, 6.07) is 6.07. The number of hydrogen-bond acceptors (Lipinski definition) is 4. The van der Waals surface area contributed by atoms with Crippen LogP contribution in [0, 0.1) is 6.92 Å². The molecular formula is C15H17N3OS. The largest absolute Gasteiger partial charge is 0.497 e. The maximum atomic E-state index is 5.32. The van der Waals surface area contributed by atoms with E-state index < -0.39 is 0 Å². The summed E-state index contributed by atoms with van der Waals surface area (Å²) < 4.78 is 5.32. The zero-order valence-electron chi connectivity index (χ0n) is 11.8. The van der Waals surface area contributed by atoms with Gasteiger partial charge in [-0.3, -0.25) is 0 Å². The quantitative estimate of drug-likeness (QED) is 0.761. The topological polar surface area (TPSA) is 49.9 Å². The molecule has 0 amide bonds. The van der Waals surface area contributed by atoms with E-state index in [-0.39, 0.29) is 0 Å². The van der Waals surface area contributed by atoms with Gasteiger partial charge in [-0.05, 0) is 32.0 Å². The van der Waals surface area contributed by atoms with Gasteiger partial charge in [0.05, 0.1) is 12.8 Å². The number of aromatic nitrogens is 2. The second-order valence-corrected chi connectivity index (χ2v) is 5.46. The number of nitrogens with one attached hydrogen (secondary N) is 2. The average Bonchev–Trinajstić information content (AvgIpc) is 3.01. The fourth-order valence-electron chi connectivity index (χ4n) is 2.38. The van der Waals surface area contributed by atoms with Crippen LogP contribution in [0.5, 0.6) is 5.75 Å². The van der Waals surface area contributed by atoms with Crippen molar-refractivity contribution < 1.29 is 4.74 Å². The fourth-order valence-corrected chi connectivity index (χ4v) is 3.16. The van der Waals surface area contributed by atoms with E-state index in [1.807, 2.05) is 12.1 Å². The first-order valence-corrected chi connectivity index (χ1v) is 7.47. The molecular weight excluding hydrogens is 270 g/mol. The summed E-state index contributed by atoms with van der Waals surface area (Å²) in [5.41, 5.74) is 4.39. The van der Waals surface area contributed by atoms with Gasteiger partial charge in [0.1, 0.15) is 5.75 Å². The number of H-pyrrole nitrogens is 1. The molecule has 2 heterocycles. The predicted molar refractivity (Wildman–Crippen MR) is 84.9 cm³/mol. The average molecular weight is 287 g/mol. The summed E-state index contributed by atoms with van der Waals surface area (Å²) in [6.45, 7) is 5.03. The molecule has 0 spiro atoms. The molecule has 0 aliphatic heterocycles. The Kier molecular flexibility index (Phi) is 3.36. The van der Waals surface area contributed by atoms with Gasteiger partial charge in [0, 0.05) is 34.1 Å². The first-order valence-electron chi connectivity index (χ1n) is 6.59. The highest BCUT2D eigenvalue weighted by atomic mass is 32.1. The van der Waals surface area contributed by atoms with Crippen molar-refractivity contribution in [1.29, 1.82) is 0 Å². The second-order valence-electron chi connectivity index (χ2n) is 4.60. The Labute approximate surface area is 121 Å². The third kappa shape index (κ3) is 2.14. The molecule has 104 valence electrons. The van der Waals surface area contributed by atoms with Crippen LogP contribution in [0.2, 0.25) is 0 Å². The van der Waals surface area contributed by atoms with Gasteiger partial charge < -0.3 is 15.0 Å². The molecule has 4 nitrogen and oxygen atoms in total. The van der Waals surface area contributed by atoms with Gasteiger partial charge in [-0.1, -0.05) is 0 Å². The number of hydrogen-bond donors (Lipinski definition) is 2. The minimum Gasteiger partial charge on any atom is -0.497 e. The number of anilines is 1. The smallest absolute Gasteiger partial charge is 0.183 e. The molecule has 0 aliphatic carbocycles. The van der Waals surface area contributed by atoms with E-state index in [2.05, 4.69) is 40.6 Å². The van der Waals surface area contributed by atoms with E-state index in [1.165, 1.54) is 0 Å². The molecule has 2 aromatic heterocycles. The van der Waals surface area contributed by atoms with Crippen molar-refractivity contribution in [3.63, 3.8) is 0 Å². The van der Waals surface area contributed by atoms with Crippen molar-refractivity contribution in [2.24, 2.45) is 0 Å². The SMILES string of the molecule is CCNc1nc(-c2c(C)[nH]c3ccc(OC)cc23)cs1. The van der Waals surface area contributed by atoms with Crippen LogP contribution < -0.4 is 10.1 Å². The number of aromatic amines is 1. The third-order valence-electron chi connectivity index (χ3n) is 3.28.